The average Bonchev–Trinajstić information content (AvgIpc) is 2.47. The number of ether oxygens (including phenoxy) is 1. The van der Waals surface area contributed by atoms with Crippen LogP contribution in [0.15, 0.2) is 18.2 Å². The Hall–Kier alpha value is -1.02. The fourth-order valence-electron chi connectivity index (χ4n) is 2.99. The molecule has 112 valence electrons. The lowest BCUT2D eigenvalue weighted by atomic mass is 9.89. The van der Waals surface area contributed by atoms with Gasteiger partial charge in [0.25, 0.3) is 0 Å². The van der Waals surface area contributed by atoms with E-state index in [2.05, 4.69) is 6.92 Å². The Morgan fingerprint density at radius 3 is 2.80 bits per heavy atom. The van der Waals surface area contributed by atoms with E-state index in [1.165, 1.54) is 37.7 Å². The van der Waals surface area contributed by atoms with Gasteiger partial charge < -0.3 is 9.84 Å². The summed E-state index contributed by atoms with van der Waals surface area (Å²) in [5.41, 5.74) is 2.31. The molecule has 0 aliphatic heterocycles. The van der Waals surface area contributed by atoms with Crippen LogP contribution in [0.2, 0.25) is 0 Å². The minimum Gasteiger partial charge on any atom is -0.493 e. The highest BCUT2D eigenvalue weighted by molar-refractivity contribution is 5.42. The van der Waals surface area contributed by atoms with Crippen LogP contribution >= 0.6 is 0 Å². The number of fused-ring (bicyclic) bond motifs is 1. The van der Waals surface area contributed by atoms with E-state index >= 15 is 0 Å². The monoisotopic (exact) mass is 276 g/mol. The molecule has 1 aromatic carbocycles. The quantitative estimate of drug-likeness (QED) is 0.691. The summed E-state index contributed by atoms with van der Waals surface area (Å²) in [6, 6.07) is 6.09. The lowest BCUT2D eigenvalue weighted by Gasteiger charge is -2.23. The van der Waals surface area contributed by atoms with Crippen LogP contribution in [0.25, 0.3) is 0 Å². The van der Waals surface area contributed by atoms with Gasteiger partial charge in [0.15, 0.2) is 0 Å². The van der Waals surface area contributed by atoms with Crippen LogP contribution in [0.1, 0.15) is 75.5 Å². The van der Waals surface area contributed by atoms with Crippen molar-refractivity contribution in [2.45, 2.75) is 70.8 Å². The summed E-state index contributed by atoms with van der Waals surface area (Å²) in [4.78, 5) is 0. The van der Waals surface area contributed by atoms with Crippen molar-refractivity contribution >= 4 is 0 Å². The fraction of sp³-hybridized carbons (Fsp3) is 0.667. The predicted octanol–water partition coefficient (Wildman–Crippen LogP) is 4.80. The van der Waals surface area contributed by atoms with Crippen molar-refractivity contribution < 1.29 is 9.84 Å². The number of aliphatic hydroxyl groups excluding tert-OH is 1. The molecule has 0 fully saturated rings. The molecule has 20 heavy (non-hydrogen) atoms. The van der Waals surface area contributed by atoms with Gasteiger partial charge in [-0.05, 0) is 42.9 Å². The summed E-state index contributed by atoms with van der Waals surface area (Å²) in [6.45, 7) is 3.05. The predicted molar refractivity (Wildman–Crippen MR) is 83.2 cm³/mol. The van der Waals surface area contributed by atoms with Gasteiger partial charge in [-0.2, -0.15) is 0 Å². The van der Waals surface area contributed by atoms with E-state index in [0.29, 0.717) is 0 Å². The molecule has 1 aromatic rings. The maximum atomic E-state index is 10.0. The molecular formula is C18H28O2. The van der Waals surface area contributed by atoms with Crippen molar-refractivity contribution in [2.24, 2.45) is 0 Å². The second-order valence-corrected chi connectivity index (χ2v) is 5.85. The highest BCUT2D eigenvalue weighted by atomic mass is 16.5. The first-order valence-corrected chi connectivity index (χ1v) is 8.25. The van der Waals surface area contributed by atoms with Gasteiger partial charge in [0.05, 0.1) is 12.7 Å². The summed E-state index contributed by atoms with van der Waals surface area (Å²) >= 11 is 0. The SMILES string of the molecule is CCCCCCCCOc1cccc2c1CCCC2O. The Balaban J connectivity index is 1.77. The summed E-state index contributed by atoms with van der Waals surface area (Å²) in [7, 11) is 0. The smallest absolute Gasteiger partial charge is 0.122 e. The fourth-order valence-corrected chi connectivity index (χ4v) is 2.99. The van der Waals surface area contributed by atoms with Gasteiger partial charge in [-0.1, -0.05) is 51.2 Å². The Kier molecular flexibility index (Phi) is 6.38. The van der Waals surface area contributed by atoms with Crippen molar-refractivity contribution in [1.82, 2.24) is 0 Å². The van der Waals surface area contributed by atoms with Crippen molar-refractivity contribution in [1.29, 1.82) is 0 Å². The van der Waals surface area contributed by atoms with Crippen LogP contribution in [0.3, 0.4) is 0 Å². The Morgan fingerprint density at radius 2 is 1.95 bits per heavy atom. The van der Waals surface area contributed by atoms with E-state index in [4.69, 9.17) is 4.74 Å². The number of hydrogen-bond acceptors (Lipinski definition) is 2. The van der Waals surface area contributed by atoms with Crippen LogP contribution in [0.5, 0.6) is 5.75 Å². The zero-order chi connectivity index (χ0) is 14.2. The number of rotatable bonds is 8. The van der Waals surface area contributed by atoms with Gasteiger partial charge in [0.1, 0.15) is 5.75 Å². The Morgan fingerprint density at radius 1 is 1.15 bits per heavy atom. The van der Waals surface area contributed by atoms with Gasteiger partial charge in [0.2, 0.25) is 0 Å². The first kappa shape index (κ1) is 15.4. The molecule has 1 N–H and O–H groups in total. The normalized spacial score (nSPS) is 17.8. The van der Waals surface area contributed by atoms with Crippen LogP contribution < -0.4 is 4.74 Å². The van der Waals surface area contributed by atoms with Crippen LogP contribution in [0, 0.1) is 0 Å². The van der Waals surface area contributed by atoms with E-state index in [-0.39, 0.29) is 6.10 Å². The summed E-state index contributed by atoms with van der Waals surface area (Å²) in [5.74, 6) is 0.995. The van der Waals surface area contributed by atoms with Crippen LogP contribution in [-0.4, -0.2) is 11.7 Å². The van der Waals surface area contributed by atoms with Gasteiger partial charge in [0, 0.05) is 0 Å². The van der Waals surface area contributed by atoms with Crippen molar-refractivity contribution in [3.63, 3.8) is 0 Å². The molecule has 0 bridgehead atoms. The average molecular weight is 276 g/mol. The lowest BCUT2D eigenvalue weighted by Crippen LogP contribution is -2.11. The maximum Gasteiger partial charge on any atom is 0.122 e. The number of benzene rings is 1. The summed E-state index contributed by atoms with van der Waals surface area (Å²) in [6.07, 6.45) is 10.4. The third-order valence-corrected chi connectivity index (χ3v) is 4.19. The highest BCUT2D eigenvalue weighted by Gasteiger charge is 2.20. The van der Waals surface area contributed by atoms with Crippen LogP contribution in [-0.2, 0) is 6.42 Å². The van der Waals surface area contributed by atoms with E-state index in [9.17, 15) is 5.11 Å². The molecule has 1 aliphatic rings. The largest absolute Gasteiger partial charge is 0.493 e. The third kappa shape index (κ3) is 4.24. The van der Waals surface area contributed by atoms with E-state index in [1.54, 1.807) is 0 Å². The third-order valence-electron chi connectivity index (χ3n) is 4.19. The molecule has 0 heterocycles. The standard InChI is InChI=1S/C18H28O2/c1-2-3-4-5-6-7-14-20-18-13-9-10-15-16(18)11-8-12-17(15)19/h9-10,13,17,19H,2-8,11-12,14H2,1H3. The first-order chi connectivity index (χ1) is 9.83. The Labute approximate surface area is 123 Å². The zero-order valence-electron chi connectivity index (χ0n) is 12.7. The molecule has 0 aromatic heterocycles. The molecule has 2 heteroatoms. The Bertz CT molecular complexity index is 400. The molecule has 1 aliphatic carbocycles. The van der Waals surface area contributed by atoms with Crippen molar-refractivity contribution in [2.75, 3.05) is 6.61 Å². The molecule has 0 radical (unpaired) electrons. The van der Waals surface area contributed by atoms with Gasteiger partial charge in [-0.15, -0.1) is 0 Å². The second-order valence-electron chi connectivity index (χ2n) is 5.85. The summed E-state index contributed by atoms with van der Waals surface area (Å²) in [5, 5.41) is 10.0. The number of unbranched alkanes of at least 4 members (excludes halogenated alkanes) is 5. The molecule has 0 saturated carbocycles. The highest BCUT2D eigenvalue weighted by Crippen LogP contribution is 2.35. The number of hydrogen-bond donors (Lipinski definition) is 1. The minimum absolute atomic E-state index is 0.295. The second kappa shape index (κ2) is 8.31. The van der Waals surface area contributed by atoms with Gasteiger partial charge >= 0.3 is 0 Å². The molecule has 0 saturated heterocycles. The van der Waals surface area contributed by atoms with E-state index < -0.39 is 0 Å². The molecule has 0 amide bonds. The molecule has 2 nitrogen and oxygen atoms in total. The van der Waals surface area contributed by atoms with Crippen LogP contribution in [0.4, 0.5) is 0 Å². The maximum absolute atomic E-state index is 10.0. The first-order valence-electron chi connectivity index (χ1n) is 8.25. The van der Waals surface area contributed by atoms with Gasteiger partial charge in [-0.25, -0.2) is 0 Å². The molecule has 1 atom stereocenters. The van der Waals surface area contributed by atoms with E-state index in [0.717, 1.165) is 43.6 Å². The van der Waals surface area contributed by atoms with Gasteiger partial charge in [-0.3, -0.25) is 0 Å². The lowest BCUT2D eigenvalue weighted by molar-refractivity contribution is 0.155. The molecule has 0 spiro atoms. The number of aliphatic hydroxyl groups is 1. The molecular weight excluding hydrogens is 248 g/mol. The van der Waals surface area contributed by atoms with Crippen molar-refractivity contribution in [3.05, 3.63) is 29.3 Å². The van der Waals surface area contributed by atoms with Crippen molar-refractivity contribution in [3.8, 4) is 5.75 Å². The zero-order valence-corrected chi connectivity index (χ0v) is 12.7. The topological polar surface area (TPSA) is 29.5 Å². The molecule has 2 rings (SSSR count). The van der Waals surface area contributed by atoms with E-state index in [1.807, 2.05) is 18.2 Å². The summed E-state index contributed by atoms with van der Waals surface area (Å²) < 4.78 is 5.95. The molecule has 1 unspecified atom stereocenters. The minimum atomic E-state index is -0.295.